The Morgan fingerprint density at radius 3 is 2.48 bits per heavy atom. The molecule has 1 aliphatic carbocycles. The van der Waals surface area contributed by atoms with Gasteiger partial charge in [0.15, 0.2) is 9.84 Å². The third-order valence-electron chi connectivity index (χ3n) is 6.45. The van der Waals surface area contributed by atoms with Crippen LogP contribution < -0.4 is 9.64 Å². The molecular formula is C24H30N2O4S. The highest BCUT2D eigenvalue weighted by Crippen LogP contribution is 2.39. The number of hydrogen-bond acceptors (Lipinski definition) is 5. The van der Waals surface area contributed by atoms with Gasteiger partial charge in [-0.2, -0.15) is 0 Å². The number of nitrogens with zero attached hydrogens (tertiary/aromatic N) is 2. The van der Waals surface area contributed by atoms with Crippen LogP contribution in [-0.2, 0) is 14.6 Å². The van der Waals surface area contributed by atoms with Gasteiger partial charge in [0.05, 0.1) is 23.5 Å². The molecule has 2 aromatic rings. The summed E-state index contributed by atoms with van der Waals surface area (Å²) in [7, 11) is -1.30. The van der Waals surface area contributed by atoms with E-state index >= 15 is 0 Å². The summed E-state index contributed by atoms with van der Waals surface area (Å²) in [6, 6.07) is 17.1. The third kappa shape index (κ3) is 4.62. The Hall–Kier alpha value is -2.38. The highest BCUT2D eigenvalue weighted by atomic mass is 32.2. The van der Waals surface area contributed by atoms with Crippen molar-refractivity contribution >= 4 is 21.4 Å². The molecular weight excluding hydrogens is 412 g/mol. The number of likely N-dealkylation sites (N-methyl/N-ethyl adjacent to an activating group) is 1. The molecule has 1 saturated carbocycles. The quantitative estimate of drug-likeness (QED) is 0.710. The van der Waals surface area contributed by atoms with Gasteiger partial charge in [-0.25, -0.2) is 8.42 Å². The summed E-state index contributed by atoms with van der Waals surface area (Å²) in [5.74, 6) is 0.641. The van der Waals surface area contributed by atoms with E-state index in [-0.39, 0.29) is 24.5 Å². The van der Waals surface area contributed by atoms with Gasteiger partial charge in [0.2, 0.25) is 5.91 Å². The van der Waals surface area contributed by atoms with Crippen LogP contribution in [0.3, 0.4) is 0 Å². The molecule has 0 unspecified atom stereocenters. The molecule has 0 radical (unpaired) electrons. The summed E-state index contributed by atoms with van der Waals surface area (Å²) >= 11 is 0. The van der Waals surface area contributed by atoms with E-state index in [0.29, 0.717) is 18.8 Å². The topological polar surface area (TPSA) is 66.9 Å². The van der Waals surface area contributed by atoms with Crippen molar-refractivity contribution in [3.8, 4) is 5.75 Å². The monoisotopic (exact) mass is 442 g/mol. The first-order valence-corrected chi connectivity index (χ1v) is 12.8. The van der Waals surface area contributed by atoms with Crippen LogP contribution in [0.25, 0.3) is 0 Å². The van der Waals surface area contributed by atoms with Gasteiger partial charge >= 0.3 is 0 Å². The van der Waals surface area contributed by atoms with Crippen LogP contribution >= 0.6 is 0 Å². The maximum atomic E-state index is 13.6. The first-order chi connectivity index (χ1) is 14.9. The van der Waals surface area contributed by atoms with Gasteiger partial charge in [-0.3, -0.25) is 14.6 Å². The van der Waals surface area contributed by atoms with Crippen molar-refractivity contribution in [2.24, 2.45) is 0 Å². The van der Waals surface area contributed by atoms with Gasteiger partial charge in [0.1, 0.15) is 12.4 Å². The van der Waals surface area contributed by atoms with E-state index in [9.17, 15) is 13.2 Å². The first kappa shape index (κ1) is 21.8. The van der Waals surface area contributed by atoms with E-state index in [0.717, 1.165) is 30.5 Å². The van der Waals surface area contributed by atoms with Crippen LogP contribution in [0.2, 0.25) is 0 Å². The molecule has 1 aliphatic heterocycles. The second-order valence-corrected chi connectivity index (χ2v) is 10.9. The van der Waals surface area contributed by atoms with E-state index in [2.05, 4.69) is 0 Å². The van der Waals surface area contributed by atoms with E-state index in [1.807, 2.05) is 71.4 Å². The van der Waals surface area contributed by atoms with E-state index in [1.165, 1.54) is 6.26 Å². The Kier molecular flexibility index (Phi) is 6.34. The molecule has 4 rings (SSSR count). The minimum atomic E-state index is -3.17. The van der Waals surface area contributed by atoms with Gasteiger partial charge in [0.25, 0.3) is 0 Å². The van der Waals surface area contributed by atoms with Gasteiger partial charge < -0.3 is 4.74 Å². The van der Waals surface area contributed by atoms with E-state index in [1.54, 1.807) is 0 Å². The molecule has 31 heavy (non-hydrogen) atoms. The smallest absolute Gasteiger partial charge is 0.241 e. The third-order valence-corrected chi connectivity index (χ3v) is 8.10. The average Bonchev–Trinajstić information content (AvgIpc) is 2.78. The number of rotatable bonds is 5. The lowest BCUT2D eigenvalue weighted by Crippen LogP contribution is -2.52. The summed E-state index contributed by atoms with van der Waals surface area (Å²) in [4.78, 5) is 17.4. The summed E-state index contributed by atoms with van der Waals surface area (Å²) in [5, 5.41) is -0.416. The Morgan fingerprint density at radius 1 is 1.06 bits per heavy atom. The second kappa shape index (κ2) is 9.01. The van der Waals surface area contributed by atoms with Crippen LogP contribution in [0.15, 0.2) is 54.6 Å². The Balaban J connectivity index is 1.61. The molecule has 6 nitrogen and oxygen atoms in total. The fraction of sp³-hybridized carbons (Fsp3) is 0.458. The molecule has 0 saturated heterocycles. The largest absolute Gasteiger partial charge is 0.489 e. The second-order valence-electron chi connectivity index (χ2n) is 8.60. The van der Waals surface area contributed by atoms with Crippen LogP contribution in [0.4, 0.5) is 5.69 Å². The number of carbonyl (C=O) groups excluding carboxylic acids is 1. The summed E-state index contributed by atoms with van der Waals surface area (Å²) in [5.41, 5.74) is 1.77. The zero-order valence-electron chi connectivity index (χ0n) is 18.1. The molecule has 166 valence electrons. The molecule has 0 spiro atoms. The van der Waals surface area contributed by atoms with Crippen molar-refractivity contribution in [1.29, 1.82) is 0 Å². The Bertz CT molecular complexity index is 1020. The number of sulfone groups is 1. The molecule has 0 aromatic heterocycles. The maximum Gasteiger partial charge on any atom is 0.241 e. The number of amides is 1. The van der Waals surface area contributed by atoms with Crippen LogP contribution in [-0.4, -0.2) is 57.0 Å². The number of hydrogen-bond donors (Lipinski definition) is 0. The van der Waals surface area contributed by atoms with Gasteiger partial charge in [-0.1, -0.05) is 55.3 Å². The molecule has 2 aromatic carbocycles. The van der Waals surface area contributed by atoms with Crippen molar-refractivity contribution in [2.75, 3.05) is 31.4 Å². The van der Waals surface area contributed by atoms with Crippen LogP contribution in [0.5, 0.6) is 5.75 Å². The maximum absolute atomic E-state index is 13.6. The number of anilines is 1. The normalized spacial score (nSPS) is 23.8. The zero-order valence-corrected chi connectivity index (χ0v) is 18.9. The summed E-state index contributed by atoms with van der Waals surface area (Å²) in [6.07, 6.45) is 4.68. The molecule has 1 heterocycles. The zero-order chi connectivity index (χ0) is 22.0. The molecule has 3 atom stereocenters. The van der Waals surface area contributed by atoms with Crippen molar-refractivity contribution in [3.63, 3.8) is 0 Å². The number of fused-ring (bicyclic) bond motifs is 1. The molecule has 0 N–H and O–H groups in total. The lowest BCUT2D eigenvalue weighted by atomic mass is 9.93. The predicted octanol–water partition coefficient (Wildman–Crippen LogP) is 3.44. The van der Waals surface area contributed by atoms with Gasteiger partial charge in [-0.15, -0.1) is 0 Å². The van der Waals surface area contributed by atoms with E-state index < -0.39 is 15.1 Å². The van der Waals surface area contributed by atoms with Crippen molar-refractivity contribution in [1.82, 2.24) is 4.90 Å². The first-order valence-electron chi connectivity index (χ1n) is 10.8. The number of carbonyl (C=O) groups is 1. The predicted molar refractivity (Wildman–Crippen MR) is 122 cm³/mol. The average molecular weight is 443 g/mol. The van der Waals surface area contributed by atoms with Crippen molar-refractivity contribution in [2.45, 2.75) is 43.0 Å². The highest BCUT2D eigenvalue weighted by molar-refractivity contribution is 7.91. The van der Waals surface area contributed by atoms with Gasteiger partial charge in [-0.05, 0) is 37.6 Å². The summed E-state index contributed by atoms with van der Waals surface area (Å²) < 4.78 is 30.7. The Labute approximate surface area is 184 Å². The van der Waals surface area contributed by atoms with Gasteiger partial charge in [0, 0.05) is 12.3 Å². The molecule has 0 bridgehead atoms. The lowest BCUT2D eigenvalue weighted by molar-refractivity contribution is -0.121. The fourth-order valence-corrected chi connectivity index (χ4v) is 6.42. The lowest BCUT2D eigenvalue weighted by Gasteiger charge is -2.40. The molecule has 1 fully saturated rings. The molecule has 2 aliphatic rings. The summed E-state index contributed by atoms with van der Waals surface area (Å²) in [6.45, 7) is 0.542. The number of para-hydroxylation sites is 2. The number of benzene rings is 2. The van der Waals surface area contributed by atoms with Crippen molar-refractivity contribution < 1.29 is 17.9 Å². The highest BCUT2D eigenvalue weighted by Gasteiger charge is 2.38. The van der Waals surface area contributed by atoms with Crippen LogP contribution in [0.1, 0.15) is 37.3 Å². The van der Waals surface area contributed by atoms with Crippen molar-refractivity contribution in [3.05, 3.63) is 60.2 Å². The minimum absolute atomic E-state index is 0.0510. The van der Waals surface area contributed by atoms with E-state index in [4.69, 9.17) is 4.74 Å². The standard InChI is InChI=1S/C24H30N2O4S/c1-25(20-13-7-9-15-23(20)31(2,28)29)16-24(27)26-19-12-6-8-14-22(19)30-17-21(26)18-10-4-3-5-11-18/h3-6,8,10-12,14,20-21,23H,7,9,13,15-17H2,1-2H3/t20-,21+,23+/m0/s1. The Morgan fingerprint density at radius 2 is 1.74 bits per heavy atom. The SMILES string of the molecule is CN(CC(=O)N1c2ccccc2OC[C@@H]1c1ccccc1)[C@H]1CCCC[C@H]1S(C)(=O)=O. The molecule has 7 heteroatoms. The fourth-order valence-electron chi connectivity index (χ4n) is 4.91. The minimum Gasteiger partial charge on any atom is -0.489 e. The molecule has 1 amide bonds. The van der Waals surface area contributed by atoms with Crippen LogP contribution in [0, 0.1) is 0 Å². The number of ether oxygens (including phenoxy) is 1.